The number of ketones is 1. The lowest BCUT2D eigenvalue weighted by molar-refractivity contribution is -0.384. The average molecular weight is 521 g/mol. The van der Waals surface area contributed by atoms with Crippen molar-refractivity contribution < 1.29 is 19.6 Å². The molecule has 1 N–H and O–H groups in total. The maximum Gasteiger partial charge on any atom is 0.296 e. The molecule has 2 aromatic heterocycles. The lowest BCUT2D eigenvalue weighted by Crippen LogP contribution is -2.31. The number of rotatable bonds is 5. The molecule has 11 heteroatoms. The molecule has 1 aliphatic heterocycles. The molecule has 0 bridgehead atoms. The number of anilines is 1. The molecule has 2 aromatic carbocycles. The van der Waals surface area contributed by atoms with E-state index in [9.17, 15) is 24.8 Å². The van der Waals surface area contributed by atoms with Gasteiger partial charge in [-0.1, -0.05) is 17.4 Å². The minimum atomic E-state index is -1.02. The predicted octanol–water partition coefficient (Wildman–Crippen LogP) is 5.68. The maximum atomic E-state index is 13.7. The van der Waals surface area contributed by atoms with E-state index in [1.807, 2.05) is 26.0 Å². The van der Waals surface area contributed by atoms with E-state index in [4.69, 9.17) is 0 Å². The highest BCUT2D eigenvalue weighted by atomic mass is 32.1. The van der Waals surface area contributed by atoms with E-state index >= 15 is 0 Å². The van der Waals surface area contributed by atoms with E-state index in [1.54, 1.807) is 13.8 Å². The Balaban J connectivity index is 1.70. The molecule has 1 atom stereocenters. The Morgan fingerprint density at radius 1 is 1.08 bits per heavy atom. The van der Waals surface area contributed by atoms with Crippen molar-refractivity contribution in [3.63, 3.8) is 0 Å². The Bertz CT molecular complexity index is 1620. The Labute approximate surface area is 213 Å². The minimum Gasteiger partial charge on any atom is -0.503 e. The van der Waals surface area contributed by atoms with E-state index in [2.05, 4.69) is 9.97 Å². The van der Waals surface area contributed by atoms with Crippen molar-refractivity contribution >= 4 is 55.4 Å². The molecule has 1 unspecified atom stereocenters. The number of carbonyl (C=O) groups is 2. The van der Waals surface area contributed by atoms with Gasteiger partial charge in [-0.2, -0.15) is 0 Å². The fourth-order valence-corrected chi connectivity index (χ4v) is 6.50. The summed E-state index contributed by atoms with van der Waals surface area (Å²) in [5.41, 5.74) is 3.42. The molecule has 0 spiro atoms. The lowest BCUT2D eigenvalue weighted by atomic mass is 9.95. The van der Waals surface area contributed by atoms with E-state index in [0.29, 0.717) is 26.3 Å². The molecule has 182 valence electrons. The van der Waals surface area contributed by atoms with Gasteiger partial charge in [-0.3, -0.25) is 24.6 Å². The highest BCUT2D eigenvalue weighted by Gasteiger charge is 2.46. The van der Waals surface area contributed by atoms with E-state index in [-0.39, 0.29) is 11.3 Å². The first kappa shape index (κ1) is 23.8. The topological polar surface area (TPSA) is 127 Å². The molecule has 36 heavy (non-hydrogen) atoms. The fraction of sp³-hybridized carbons (Fsp3) is 0.200. The second-order valence-corrected chi connectivity index (χ2v) is 10.8. The minimum absolute atomic E-state index is 0.104. The lowest BCUT2D eigenvalue weighted by Gasteiger charge is -2.24. The Morgan fingerprint density at radius 3 is 2.39 bits per heavy atom. The summed E-state index contributed by atoms with van der Waals surface area (Å²) in [6, 6.07) is 8.53. The SMILES string of the molecule is Cc1cc(C)c2nc(N3C(=O)C(O)=C(C(=O)c4sc(C)nc4C)C3c3ccc([N+](=O)[O-])cc3)sc2c1. The molecule has 9 nitrogen and oxygen atoms in total. The van der Waals surface area contributed by atoms with Crippen LogP contribution in [0.2, 0.25) is 0 Å². The number of thiazole rings is 2. The van der Waals surface area contributed by atoms with E-state index < -0.39 is 28.4 Å². The van der Waals surface area contributed by atoms with Crippen LogP contribution in [0.4, 0.5) is 10.8 Å². The molecule has 3 heterocycles. The van der Waals surface area contributed by atoms with Crippen LogP contribution < -0.4 is 4.90 Å². The number of aliphatic hydroxyl groups is 1. The van der Waals surface area contributed by atoms with Gasteiger partial charge in [-0.05, 0) is 62.6 Å². The van der Waals surface area contributed by atoms with Crippen LogP contribution >= 0.6 is 22.7 Å². The number of benzene rings is 2. The molecule has 1 amide bonds. The van der Waals surface area contributed by atoms with Crippen LogP contribution in [0.1, 0.15) is 43.1 Å². The van der Waals surface area contributed by atoms with Crippen molar-refractivity contribution in [3.8, 4) is 0 Å². The number of amides is 1. The number of nitrogens with zero attached hydrogens (tertiary/aromatic N) is 4. The molecule has 0 saturated heterocycles. The number of aromatic nitrogens is 2. The van der Waals surface area contributed by atoms with Crippen LogP contribution in [0.3, 0.4) is 0 Å². The molecule has 0 saturated carbocycles. The number of aliphatic hydroxyl groups excluding tert-OH is 1. The van der Waals surface area contributed by atoms with Gasteiger partial charge in [0.05, 0.1) is 42.3 Å². The molecule has 0 radical (unpaired) electrons. The quantitative estimate of drug-likeness (QED) is 0.204. The zero-order valence-electron chi connectivity index (χ0n) is 19.7. The summed E-state index contributed by atoms with van der Waals surface area (Å²) >= 11 is 2.46. The highest BCUT2D eigenvalue weighted by molar-refractivity contribution is 7.22. The van der Waals surface area contributed by atoms with Crippen molar-refractivity contribution in [2.24, 2.45) is 0 Å². The molecular formula is C25H20N4O5S2. The zero-order chi connectivity index (χ0) is 25.9. The molecule has 4 aromatic rings. The monoisotopic (exact) mass is 520 g/mol. The van der Waals surface area contributed by atoms with E-state index in [0.717, 1.165) is 21.3 Å². The second kappa shape index (κ2) is 8.61. The van der Waals surface area contributed by atoms with Gasteiger partial charge >= 0.3 is 0 Å². The normalized spacial score (nSPS) is 15.8. The van der Waals surface area contributed by atoms with Crippen molar-refractivity contribution in [2.75, 3.05) is 4.90 Å². The summed E-state index contributed by atoms with van der Waals surface area (Å²) in [7, 11) is 0. The number of nitro benzene ring substituents is 1. The van der Waals surface area contributed by atoms with Crippen molar-refractivity contribution in [2.45, 2.75) is 33.7 Å². The first-order valence-corrected chi connectivity index (χ1v) is 12.6. The molecular weight excluding hydrogens is 500 g/mol. The number of hydrogen-bond donors (Lipinski definition) is 1. The van der Waals surface area contributed by atoms with Crippen LogP contribution in [-0.4, -0.2) is 31.7 Å². The number of carbonyl (C=O) groups excluding carboxylic acids is 2. The first-order chi connectivity index (χ1) is 17.1. The second-order valence-electron chi connectivity index (χ2n) is 8.59. The standard InChI is InChI=1S/C25H20N4O5S2/c1-11-9-12(2)19-17(10-11)36-25(27-19)28-20(15-5-7-16(8-6-15)29(33)34)18(22(31)24(28)32)21(30)23-13(3)26-14(4)35-23/h5-10,20,31H,1-4H3. The average Bonchev–Trinajstić information content (AvgIpc) is 3.47. The van der Waals surface area contributed by atoms with Gasteiger partial charge in [-0.25, -0.2) is 9.97 Å². The number of Topliss-reactive ketones (excluding diaryl/α,β-unsaturated/α-hetero) is 1. The third-order valence-electron chi connectivity index (χ3n) is 6.01. The Kier molecular flexibility index (Phi) is 5.68. The summed E-state index contributed by atoms with van der Waals surface area (Å²) in [6.45, 7) is 7.37. The summed E-state index contributed by atoms with van der Waals surface area (Å²) in [5, 5.41) is 23.2. The number of aryl methyl sites for hydroxylation is 4. The number of non-ortho nitro benzene ring substituents is 1. The van der Waals surface area contributed by atoms with Crippen LogP contribution in [0, 0.1) is 37.8 Å². The Morgan fingerprint density at radius 2 is 1.78 bits per heavy atom. The largest absolute Gasteiger partial charge is 0.503 e. The van der Waals surface area contributed by atoms with Crippen molar-refractivity contribution in [3.05, 3.63) is 90.1 Å². The summed E-state index contributed by atoms with van der Waals surface area (Å²) in [6.07, 6.45) is 0. The van der Waals surface area contributed by atoms with Gasteiger partial charge < -0.3 is 5.11 Å². The van der Waals surface area contributed by atoms with E-state index in [1.165, 1.54) is 51.8 Å². The highest BCUT2D eigenvalue weighted by Crippen LogP contribution is 2.45. The third kappa shape index (κ3) is 3.76. The van der Waals surface area contributed by atoms with Gasteiger partial charge in [0.15, 0.2) is 10.9 Å². The Hall–Kier alpha value is -3.96. The maximum absolute atomic E-state index is 13.7. The molecule has 5 rings (SSSR count). The number of hydrogen-bond acceptors (Lipinski definition) is 9. The number of fused-ring (bicyclic) bond motifs is 1. The van der Waals surface area contributed by atoms with Crippen molar-refractivity contribution in [1.29, 1.82) is 0 Å². The summed E-state index contributed by atoms with van der Waals surface area (Å²) < 4.78 is 0.867. The van der Waals surface area contributed by atoms with Crippen LogP contribution in [0.5, 0.6) is 0 Å². The smallest absolute Gasteiger partial charge is 0.296 e. The van der Waals surface area contributed by atoms with Crippen molar-refractivity contribution in [1.82, 2.24) is 9.97 Å². The molecule has 0 aliphatic carbocycles. The van der Waals surface area contributed by atoms with Crippen LogP contribution in [0.25, 0.3) is 10.2 Å². The van der Waals surface area contributed by atoms with Crippen LogP contribution in [-0.2, 0) is 4.79 Å². The fourth-order valence-electron chi connectivity index (χ4n) is 4.45. The molecule has 1 aliphatic rings. The first-order valence-electron chi connectivity index (χ1n) is 10.9. The van der Waals surface area contributed by atoms with Crippen LogP contribution in [0.15, 0.2) is 47.7 Å². The summed E-state index contributed by atoms with van der Waals surface area (Å²) in [4.78, 5) is 48.4. The summed E-state index contributed by atoms with van der Waals surface area (Å²) in [5.74, 6) is -1.93. The zero-order valence-corrected chi connectivity index (χ0v) is 21.4. The van der Waals surface area contributed by atoms with Gasteiger partial charge in [-0.15, -0.1) is 11.3 Å². The molecule has 0 fully saturated rings. The van der Waals surface area contributed by atoms with Gasteiger partial charge in [0.25, 0.3) is 11.6 Å². The van der Waals surface area contributed by atoms with Gasteiger partial charge in [0.2, 0.25) is 5.78 Å². The number of nitro groups is 1. The predicted molar refractivity (Wildman–Crippen MR) is 138 cm³/mol. The third-order valence-corrected chi connectivity index (χ3v) is 8.08. The van der Waals surface area contributed by atoms with Gasteiger partial charge in [0.1, 0.15) is 0 Å². The van der Waals surface area contributed by atoms with Gasteiger partial charge in [0, 0.05) is 12.1 Å².